The molecular weight excluding hydrogens is 1290 g/mol. The summed E-state index contributed by atoms with van der Waals surface area (Å²) in [6.07, 6.45) is -10.4. The van der Waals surface area contributed by atoms with Gasteiger partial charge in [0.25, 0.3) is 0 Å². The Balaban J connectivity index is 1.33. The number of ether oxygens (including phenoxy) is 2. The van der Waals surface area contributed by atoms with E-state index in [4.69, 9.17) is 63.8 Å². The highest BCUT2D eigenvalue weighted by atomic mass is 31.2. The first-order chi connectivity index (χ1) is 46.2. The van der Waals surface area contributed by atoms with E-state index in [-0.39, 0.29) is 58.7 Å². The van der Waals surface area contributed by atoms with Crippen LogP contribution in [0.3, 0.4) is 0 Å². The van der Waals surface area contributed by atoms with Crippen molar-refractivity contribution in [2.24, 2.45) is 0 Å². The van der Waals surface area contributed by atoms with Gasteiger partial charge in [0.05, 0.1) is 52.9 Å². The van der Waals surface area contributed by atoms with E-state index in [0.29, 0.717) is 50.9 Å². The average molecular weight is 1380 g/mol. The van der Waals surface area contributed by atoms with Gasteiger partial charge in [0, 0.05) is 13.0 Å². The van der Waals surface area contributed by atoms with Crippen molar-refractivity contribution in [1.29, 1.82) is 0 Å². The van der Waals surface area contributed by atoms with E-state index >= 15 is 23.1 Å². The highest BCUT2D eigenvalue weighted by Crippen LogP contribution is 2.65. The number of rotatable bonds is 40. The van der Waals surface area contributed by atoms with Crippen LogP contribution in [0.25, 0.3) is 0 Å². The van der Waals surface area contributed by atoms with Gasteiger partial charge >= 0.3 is 37.3 Å². The van der Waals surface area contributed by atoms with Gasteiger partial charge in [-0.05, 0) is 63.8 Å². The highest BCUT2D eigenvalue weighted by Gasteiger charge is 2.69. The van der Waals surface area contributed by atoms with Crippen LogP contribution in [0.1, 0.15) is 97.4 Å². The van der Waals surface area contributed by atoms with Gasteiger partial charge in [-0.1, -0.05) is 270 Å². The van der Waals surface area contributed by atoms with Crippen LogP contribution in [0.2, 0.25) is 0 Å². The predicted octanol–water partition coefficient (Wildman–Crippen LogP) is 18.4. The zero-order chi connectivity index (χ0) is 66.7. The van der Waals surface area contributed by atoms with Crippen LogP contribution in [0.4, 0.5) is 0 Å². The number of carbonyl (C=O) groups excluding carboxylic acids is 1. The lowest BCUT2D eigenvalue weighted by atomic mass is 9.72. The summed E-state index contributed by atoms with van der Waals surface area (Å²) in [6.45, 7) is 2.16. The molecule has 0 N–H and O–H groups in total. The maximum atomic E-state index is 16.6. The molecule has 8 aromatic rings. The Morgan fingerprint density at radius 1 is 0.316 bits per heavy atom. The van der Waals surface area contributed by atoms with E-state index in [1.165, 1.54) is 0 Å². The van der Waals surface area contributed by atoms with Gasteiger partial charge < -0.3 is 9.47 Å². The van der Waals surface area contributed by atoms with Crippen LogP contribution in [0.5, 0.6) is 0 Å². The van der Waals surface area contributed by atoms with Crippen LogP contribution in [-0.2, 0) is 140 Å². The van der Waals surface area contributed by atoms with Crippen LogP contribution in [-0.4, -0.2) is 48.7 Å². The molecule has 9 rings (SSSR count). The van der Waals surface area contributed by atoms with Gasteiger partial charge in [-0.25, -0.2) is 18.3 Å². The minimum atomic E-state index is -5.29. The van der Waals surface area contributed by atoms with Crippen molar-refractivity contribution in [1.82, 2.24) is 0 Å². The summed E-state index contributed by atoms with van der Waals surface area (Å²) in [5, 5.41) is 0. The zero-order valence-electron chi connectivity index (χ0n) is 53.4. The second kappa shape index (κ2) is 36.8. The van der Waals surface area contributed by atoms with E-state index in [0.717, 1.165) is 0 Å². The first-order valence-corrected chi connectivity index (χ1v) is 37.5. The van der Waals surface area contributed by atoms with Gasteiger partial charge in [0.15, 0.2) is 5.60 Å². The molecule has 1 fully saturated rings. The number of phosphoric acid groups is 4. The number of esters is 1. The molecule has 6 atom stereocenters. The van der Waals surface area contributed by atoms with Crippen molar-refractivity contribution >= 4 is 37.3 Å². The number of phosphoric ester groups is 4. The normalized spacial score (nSPS) is 18.5. The summed E-state index contributed by atoms with van der Waals surface area (Å²) in [6, 6.07) is 70.5. The van der Waals surface area contributed by atoms with Crippen molar-refractivity contribution in [3.63, 3.8) is 0 Å². The first kappa shape index (κ1) is 72.9. The van der Waals surface area contributed by atoms with E-state index < -0.39 is 99.8 Å². The Bertz CT molecular complexity index is 3530. The van der Waals surface area contributed by atoms with Gasteiger partial charge in [0.2, 0.25) is 0 Å². The summed E-state index contributed by atoms with van der Waals surface area (Å²) in [7, 11) is -21.0. The number of benzene rings is 8. The van der Waals surface area contributed by atoms with Gasteiger partial charge in [-0.2, -0.15) is 0 Å². The molecule has 0 bridgehead atoms. The van der Waals surface area contributed by atoms with Crippen LogP contribution in [0, 0.1) is 0 Å². The fourth-order valence-electron chi connectivity index (χ4n) is 10.3. The van der Waals surface area contributed by atoms with Crippen molar-refractivity contribution < 1.29 is 86.8 Å². The minimum absolute atomic E-state index is 0.120. The third-order valence-corrected chi connectivity index (χ3v) is 20.5. The van der Waals surface area contributed by atoms with Crippen molar-refractivity contribution in [3.8, 4) is 0 Å². The summed E-state index contributed by atoms with van der Waals surface area (Å²) in [5.41, 5.74) is 1.92. The molecule has 19 nitrogen and oxygen atoms in total. The third-order valence-electron chi connectivity index (χ3n) is 15.0. The average Bonchev–Trinajstić information content (AvgIpc) is 0.718. The lowest BCUT2D eigenvalue weighted by Gasteiger charge is -2.55. The topological polar surface area (TPSA) is 215 Å². The molecule has 0 amide bonds. The number of hydrogen-bond donors (Lipinski definition) is 0. The Kier molecular flexibility index (Phi) is 28.3. The van der Waals surface area contributed by atoms with Crippen molar-refractivity contribution in [2.45, 2.75) is 142 Å². The van der Waals surface area contributed by atoms with Crippen molar-refractivity contribution in [3.05, 3.63) is 287 Å². The molecule has 0 saturated heterocycles. The molecule has 504 valence electrons. The second-order valence-electron chi connectivity index (χ2n) is 22.3. The molecule has 0 radical (unpaired) electrons. The van der Waals surface area contributed by atoms with Gasteiger partial charge in [0.1, 0.15) is 30.5 Å². The highest BCUT2D eigenvalue weighted by molar-refractivity contribution is 7.49. The Hall–Kier alpha value is -6.37. The predicted molar refractivity (Wildman–Crippen MR) is 358 cm³/mol. The summed E-state index contributed by atoms with van der Waals surface area (Å²) >= 11 is 0. The van der Waals surface area contributed by atoms with E-state index in [2.05, 4.69) is 0 Å². The smallest absolute Gasteiger partial charge is 0.453 e. The van der Waals surface area contributed by atoms with Crippen LogP contribution >= 0.6 is 31.3 Å². The fraction of sp³-hybridized carbons (Fsp3) is 0.319. The molecule has 6 unspecified atom stereocenters. The summed E-state index contributed by atoms with van der Waals surface area (Å²) in [5.74, 6) is -0.822. The summed E-state index contributed by atoms with van der Waals surface area (Å²) in [4.78, 5) is 15.0. The molecular formula is C72H82O19P4. The molecule has 1 aliphatic rings. The lowest BCUT2D eigenvalue weighted by Crippen LogP contribution is -2.74. The quantitative estimate of drug-likeness (QED) is 0.0258. The Morgan fingerprint density at radius 3 is 0.800 bits per heavy atom. The molecule has 0 aromatic heterocycles. The lowest BCUT2D eigenvalue weighted by molar-refractivity contribution is -0.278. The number of hydrogen-bond acceptors (Lipinski definition) is 19. The monoisotopic (exact) mass is 1370 g/mol. The van der Waals surface area contributed by atoms with E-state index in [9.17, 15) is 0 Å². The first-order valence-electron chi connectivity index (χ1n) is 31.7. The van der Waals surface area contributed by atoms with Crippen LogP contribution in [0.15, 0.2) is 243 Å². The molecule has 0 aliphatic heterocycles. The van der Waals surface area contributed by atoms with E-state index in [1.807, 2.05) is 6.92 Å². The Morgan fingerprint density at radius 2 is 0.558 bits per heavy atom. The number of carbonyl (C=O) groups is 1. The van der Waals surface area contributed by atoms with Crippen LogP contribution < -0.4 is 0 Å². The summed E-state index contributed by atoms with van der Waals surface area (Å²) < 4.78 is 160. The molecule has 8 aromatic carbocycles. The zero-order valence-corrected chi connectivity index (χ0v) is 57.0. The van der Waals surface area contributed by atoms with Crippen molar-refractivity contribution in [2.75, 3.05) is 6.61 Å². The maximum Gasteiger partial charge on any atom is 0.475 e. The molecule has 95 heavy (non-hydrogen) atoms. The Labute approximate surface area is 557 Å². The van der Waals surface area contributed by atoms with Gasteiger partial charge in [-0.15, -0.1) is 0 Å². The molecule has 1 saturated carbocycles. The molecule has 1 aliphatic carbocycles. The minimum Gasteiger partial charge on any atom is -0.453 e. The molecule has 23 heteroatoms. The fourth-order valence-corrected chi connectivity index (χ4v) is 15.8. The standard InChI is InChI=1S/C72H82O19P4/c1-4-31-66(73)87-72(48-5-2)70(78-49-6-3)68(89-93(75,81-52-60-36-19-9-20-37-60)82-53-61-38-21-10-22-39-61)67(88-92(74,79-50-58-32-15-7-16-33-58)80-51-59-34-17-8-18-35-59)69(90-94(76,83-54-62-40-23-11-24-41-62)84-55-63-42-25-12-26-43-63)71(72)91-95(77,85-56-64-44-27-13-28-45-64)86-57-65-46-29-14-30-47-65/h7-30,32-47,67-71H,4-6,31,48-57H2,1-3H3. The maximum absolute atomic E-state index is 16.6. The third kappa shape index (κ3) is 22.3. The second-order valence-corrected chi connectivity index (χ2v) is 28.8. The largest absolute Gasteiger partial charge is 0.475 e. The van der Waals surface area contributed by atoms with E-state index in [1.54, 1.807) is 257 Å². The SMILES string of the molecule is CCCOC1C(OP(=O)(OCc2ccccc2)OCc2ccccc2)C(OP(=O)(OCc2ccccc2)OCc2ccccc2)C(OP(=O)(OCc2ccccc2)OCc2ccccc2)C(OP(=O)(OCc2ccccc2)OCc2ccccc2)C1(CCC)OC(=O)CCC. The molecule has 0 heterocycles. The molecule has 0 spiro atoms. The van der Waals surface area contributed by atoms with Gasteiger partial charge in [-0.3, -0.25) is 59.1 Å².